The highest BCUT2D eigenvalue weighted by molar-refractivity contribution is 5.28. The summed E-state index contributed by atoms with van der Waals surface area (Å²) in [5.74, 6) is 0.522. The van der Waals surface area contributed by atoms with E-state index in [-0.39, 0.29) is 6.04 Å². The van der Waals surface area contributed by atoms with Crippen LogP contribution in [0.5, 0.6) is 5.88 Å². The lowest BCUT2D eigenvalue weighted by Crippen LogP contribution is -2.24. The molecule has 6 nitrogen and oxygen atoms in total. The zero-order chi connectivity index (χ0) is 13.0. The van der Waals surface area contributed by atoms with Crippen LogP contribution in [0.1, 0.15) is 24.4 Å². The molecule has 2 aromatic rings. The summed E-state index contributed by atoms with van der Waals surface area (Å²) >= 11 is 0. The number of nitrogens with zero attached hydrogens (tertiary/aromatic N) is 4. The summed E-state index contributed by atoms with van der Waals surface area (Å²) in [6.07, 6.45) is 5.18. The number of aromatic nitrogens is 4. The molecule has 18 heavy (non-hydrogen) atoms. The van der Waals surface area contributed by atoms with Crippen LogP contribution in [0.2, 0.25) is 0 Å². The number of ether oxygens (including phenoxy) is 1. The summed E-state index contributed by atoms with van der Waals surface area (Å²) in [7, 11) is 3.48. The van der Waals surface area contributed by atoms with Crippen molar-refractivity contribution in [2.45, 2.75) is 13.0 Å². The summed E-state index contributed by atoms with van der Waals surface area (Å²) in [6.45, 7) is 2.85. The molecular formula is C12H17N5O. The molecule has 0 saturated heterocycles. The molecule has 1 atom stereocenters. The van der Waals surface area contributed by atoms with Crippen molar-refractivity contribution in [1.82, 2.24) is 25.1 Å². The third kappa shape index (κ3) is 2.48. The topological polar surface area (TPSA) is 64.9 Å². The molecule has 2 aromatic heterocycles. The van der Waals surface area contributed by atoms with E-state index in [2.05, 4.69) is 20.4 Å². The maximum Gasteiger partial charge on any atom is 0.237 e. The monoisotopic (exact) mass is 247 g/mol. The predicted molar refractivity (Wildman–Crippen MR) is 67.3 cm³/mol. The van der Waals surface area contributed by atoms with Gasteiger partial charge in [-0.25, -0.2) is 4.98 Å². The Morgan fingerprint density at radius 2 is 2.17 bits per heavy atom. The molecule has 0 aliphatic heterocycles. The summed E-state index contributed by atoms with van der Waals surface area (Å²) < 4.78 is 7.02. The van der Waals surface area contributed by atoms with Crippen molar-refractivity contribution in [2.75, 3.05) is 13.7 Å². The average molecular weight is 247 g/mol. The van der Waals surface area contributed by atoms with E-state index in [1.165, 1.54) is 0 Å². The fraction of sp³-hybridized carbons (Fsp3) is 0.417. The zero-order valence-corrected chi connectivity index (χ0v) is 10.8. The normalized spacial score (nSPS) is 12.4. The van der Waals surface area contributed by atoms with Gasteiger partial charge in [0.1, 0.15) is 5.69 Å². The van der Waals surface area contributed by atoms with Crippen molar-refractivity contribution < 1.29 is 4.74 Å². The minimum atomic E-state index is -0.111. The second kappa shape index (κ2) is 5.59. The lowest BCUT2D eigenvalue weighted by molar-refractivity contribution is 0.382. The Morgan fingerprint density at radius 3 is 2.78 bits per heavy atom. The molecule has 0 radical (unpaired) electrons. The van der Waals surface area contributed by atoms with Crippen LogP contribution in [0.4, 0.5) is 0 Å². The third-order valence-corrected chi connectivity index (χ3v) is 2.60. The molecule has 2 heterocycles. The molecule has 0 aromatic carbocycles. The molecule has 0 saturated carbocycles. The van der Waals surface area contributed by atoms with Crippen molar-refractivity contribution in [3.05, 3.63) is 36.0 Å². The fourth-order valence-electron chi connectivity index (χ4n) is 1.82. The van der Waals surface area contributed by atoms with E-state index in [9.17, 15) is 0 Å². The second-order valence-corrected chi connectivity index (χ2v) is 3.86. The summed E-state index contributed by atoms with van der Waals surface area (Å²) in [5.41, 5.74) is 1.65. The minimum absolute atomic E-state index is 0.111. The summed E-state index contributed by atoms with van der Waals surface area (Å²) in [6, 6.07) is 1.85. The van der Waals surface area contributed by atoms with Crippen molar-refractivity contribution in [3.8, 4) is 5.88 Å². The van der Waals surface area contributed by atoms with Gasteiger partial charge in [-0.15, -0.1) is 0 Å². The second-order valence-electron chi connectivity index (χ2n) is 3.86. The average Bonchev–Trinajstić information content (AvgIpc) is 2.82. The van der Waals surface area contributed by atoms with Crippen LogP contribution >= 0.6 is 0 Å². The molecular weight excluding hydrogens is 230 g/mol. The molecule has 0 amide bonds. The maximum absolute atomic E-state index is 5.25. The van der Waals surface area contributed by atoms with E-state index in [1.54, 1.807) is 24.2 Å². The first-order chi connectivity index (χ1) is 8.76. The van der Waals surface area contributed by atoms with Gasteiger partial charge in [0.15, 0.2) is 0 Å². The molecule has 0 bridgehead atoms. The Labute approximate surface area is 106 Å². The molecule has 2 rings (SSSR count). The molecule has 0 aliphatic rings. The molecule has 0 aliphatic carbocycles. The highest BCUT2D eigenvalue weighted by Crippen LogP contribution is 2.24. The highest BCUT2D eigenvalue weighted by atomic mass is 16.5. The Hall–Kier alpha value is -1.95. The molecule has 1 N–H and O–H groups in total. The first-order valence-corrected chi connectivity index (χ1v) is 5.84. The zero-order valence-electron chi connectivity index (χ0n) is 10.8. The van der Waals surface area contributed by atoms with Gasteiger partial charge in [0.05, 0.1) is 18.8 Å². The van der Waals surface area contributed by atoms with Crippen LogP contribution in [0, 0.1) is 0 Å². The Morgan fingerprint density at radius 1 is 1.39 bits per heavy atom. The van der Waals surface area contributed by atoms with Gasteiger partial charge >= 0.3 is 0 Å². The van der Waals surface area contributed by atoms with Crippen molar-refractivity contribution in [1.29, 1.82) is 0 Å². The Balaban J connectivity index is 2.41. The number of hydrogen-bond acceptors (Lipinski definition) is 5. The lowest BCUT2D eigenvalue weighted by atomic mass is 10.1. The van der Waals surface area contributed by atoms with Gasteiger partial charge in [-0.1, -0.05) is 6.92 Å². The van der Waals surface area contributed by atoms with E-state index < -0.39 is 0 Å². The maximum atomic E-state index is 5.25. The first kappa shape index (κ1) is 12.5. The number of rotatable bonds is 5. The molecule has 0 fully saturated rings. The highest BCUT2D eigenvalue weighted by Gasteiger charge is 2.21. The Bertz CT molecular complexity index is 511. The van der Waals surface area contributed by atoms with E-state index in [1.807, 2.05) is 26.2 Å². The minimum Gasteiger partial charge on any atom is -0.480 e. The van der Waals surface area contributed by atoms with Crippen LogP contribution < -0.4 is 10.1 Å². The molecule has 96 valence electrons. The Kier molecular flexibility index (Phi) is 3.88. The van der Waals surface area contributed by atoms with E-state index in [4.69, 9.17) is 4.74 Å². The summed E-state index contributed by atoms with van der Waals surface area (Å²) in [5, 5.41) is 7.76. The van der Waals surface area contributed by atoms with Crippen LogP contribution in [0.25, 0.3) is 0 Å². The van der Waals surface area contributed by atoms with Gasteiger partial charge < -0.3 is 10.1 Å². The SMILES string of the molecule is CCNC(c1ccn(C)n1)c1nccnc1OC. The molecule has 6 heteroatoms. The van der Waals surface area contributed by atoms with Crippen LogP contribution in [0.3, 0.4) is 0 Å². The number of methoxy groups -OCH3 is 1. The van der Waals surface area contributed by atoms with Gasteiger partial charge in [-0.05, 0) is 12.6 Å². The largest absolute Gasteiger partial charge is 0.480 e. The van der Waals surface area contributed by atoms with Crippen LogP contribution in [-0.2, 0) is 7.05 Å². The van der Waals surface area contributed by atoms with E-state index in [0.717, 1.165) is 17.9 Å². The van der Waals surface area contributed by atoms with Gasteiger partial charge in [0, 0.05) is 25.6 Å². The summed E-state index contributed by atoms with van der Waals surface area (Å²) in [4.78, 5) is 8.53. The smallest absolute Gasteiger partial charge is 0.237 e. The standard InChI is InChI=1S/C12H17N5O/c1-4-13-10(9-5-8-17(2)16-9)11-12(18-3)15-7-6-14-11/h5-8,10,13H,4H2,1-3H3. The lowest BCUT2D eigenvalue weighted by Gasteiger charge is -2.16. The third-order valence-electron chi connectivity index (χ3n) is 2.60. The first-order valence-electron chi connectivity index (χ1n) is 5.84. The molecule has 0 spiro atoms. The predicted octanol–water partition coefficient (Wildman–Crippen LogP) is 0.918. The van der Waals surface area contributed by atoms with Crippen molar-refractivity contribution in [3.63, 3.8) is 0 Å². The van der Waals surface area contributed by atoms with Gasteiger partial charge in [-0.2, -0.15) is 5.10 Å². The van der Waals surface area contributed by atoms with Gasteiger partial charge in [0.25, 0.3) is 0 Å². The van der Waals surface area contributed by atoms with E-state index >= 15 is 0 Å². The van der Waals surface area contributed by atoms with Crippen LogP contribution in [-0.4, -0.2) is 33.4 Å². The number of aryl methyl sites for hydroxylation is 1. The quantitative estimate of drug-likeness (QED) is 0.851. The number of hydrogen-bond donors (Lipinski definition) is 1. The van der Waals surface area contributed by atoms with Gasteiger partial charge in [0.2, 0.25) is 5.88 Å². The molecule has 1 unspecified atom stereocenters. The fourth-order valence-corrected chi connectivity index (χ4v) is 1.82. The van der Waals surface area contributed by atoms with Crippen molar-refractivity contribution in [2.24, 2.45) is 7.05 Å². The van der Waals surface area contributed by atoms with Gasteiger partial charge in [-0.3, -0.25) is 9.67 Å². The van der Waals surface area contributed by atoms with Crippen LogP contribution in [0.15, 0.2) is 24.7 Å². The van der Waals surface area contributed by atoms with Crippen molar-refractivity contribution >= 4 is 0 Å². The number of nitrogens with one attached hydrogen (secondary N) is 1. The van der Waals surface area contributed by atoms with E-state index in [0.29, 0.717) is 5.88 Å².